The zero-order chi connectivity index (χ0) is 46.7. The predicted molar refractivity (Wildman–Crippen MR) is 252 cm³/mol. The number of aromatic nitrogens is 3. The lowest BCUT2D eigenvalue weighted by molar-refractivity contribution is -0.136. The van der Waals surface area contributed by atoms with E-state index in [1.165, 1.54) is 30.5 Å². The van der Waals surface area contributed by atoms with Gasteiger partial charge in [0.2, 0.25) is 11.8 Å². The molecule has 0 spiro atoms. The van der Waals surface area contributed by atoms with Gasteiger partial charge in [-0.3, -0.25) is 24.7 Å². The van der Waals surface area contributed by atoms with E-state index in [0.29, 0.717) is 60.7 Å². The number of nitrogens with one attached hydrogen (secondary N) is 2. The smallest absolute Gasteiger partial charge is 0.319 e. The van der Waals surface area contributed by atoms with Gasteiger partial charge < -0.3 is 39.7 Å². The highest BCUT2D eigenvalue weighted by Crippen LogP contribution is 2.47. The van der Waals surface area contributed by atoms with Gasteiger partial charge in [0.1, 0.15) is 34.6 Å². The molecule has 6 aliphatic rings. The molecule has 1 saturated carbocycles. The van der Waals surface area contributed by atoms with Gasteiger partial charge in [0.05, 0.1) is 17.6 Å². The van der Waals surface area contributed by atoms with Crippen LogP contribution in [-0.2, 0) is 16.1 Å². The molecule has 0 radical (unpaired) electrons. The number of phenols is 1. The fourth-order valence-electron chi connectivity index (χ4n) is 11.0. The molecule has 7 heterocycles. The fourth-order valence-corrected chi connectivity index (χ4v) is 11.0. The molecule has 4 saturated heterocycles. The van der Waals surface area contributed by atoms with Crippen molar-refractivity contribution in [2.24, 2.45) is 11.3 Å². The molecular formula is C51H54F2N10O5. The van der Waals surface area contributed by atoms with Crippen LogP contribution in [0.3, 0.4) is 0 Å². The van der Waals surface area contributed by atoms with Gasteiger partial charge in [0.25, 0.3) is 5.91 Å². The summed E-state index contributed by atoms with van der Waals surface area (Å²) in [6.45, 7) is 11.4. The molecule has 17 heteroatoms. The molecular weight excluding hydrogens is 871 g/mol. The molecule has 3 N–H and O–H groups in total. The Balaban J connectivity index is 0.711. The third-order valence-corrected chi connectivity index (χ3v) is 15.0. The van der Waals surface area contributed by atoms with Crippen LogP contribution in [0.1, 0.15) is 60.0 Å². The minimum Gasteiger partial charge on any atom is -0.508 e. The minimum absolute atomic E-state index is 0.0244. The maximum Gasteiger partial charge on any atom is 0.319 e. The number of ether oxygens (including phenoxy) is 1. The summed E-state index contributed by atoms with van der Waals surface area (Å²) in [7, 11) is 0. The first-order valence-electron chi connectivity index (χ1n) is 23.9. The van der Waals surface area contributed by atoms with Crippen LogP contribution in [0.5, 0.6) is 11.8 Å². The van der Waals surface area contributed by atoms with Crippen LogP contribution in [0.2, 0.25) is 0 Å². The summed E-state index contributed by atoms with van der Waals surface area (Å²) >= 11 is 0. The number of rotatable bonds is 11. The largest absolute Gasteiger partial charge is 0.508 e. The Morgan fingerprint density at radius 3 is 2.41 bits per heavy atom. The molecule has 5 aromatic rings. The Hall–Kier alpha value is -6.48. The standard InChI is InChI=1S/C51H54F2N10O5/c1-2-36-40(52)6-3-32-24-35(64)25-38(43(32)36)45-44(53)46-39(26-55-45)47(62-17-13-54-14-18-62)58-50(57-46)68-30-51(11-12-51)29-60-21-19-59(20-22-60)27-31-9-15-61(16-10-31)34-4-5-37-33(23-34)28-63(49(37)67)41-7-8-42(65)56-48(41)66/h1,3-6,23-26,31,41,54,64H,7-22,27-30H2,(H,56,65,66). The SMILES string of the molecule is C#Cc1c(F)ccc2cc(O)cc(-c3ncc4c(N5CCNCC5)nc(OCC5(CN6CCN(CC7CCN(c8ccc9c(c8)CN(C8CCC(=O)NC8=O)C9=O)CC7)CC6)CC5)nc4c3F)c12. The number of carbonyl (C=O) groups is 3. The second-order valence-corrected chi connectivity index (χ2v) is 19.4. The van der Waals surface area contributed by atoms with Crippen molar-refractivity contribution in [2.45, 2.75) is 51.1 Å². The molecule has 5 fully saturated rings. The molecule has 5 aliphatic heterocycles. The monoisotopic (exact) mass is 924 g/mol. The first kappa shape index (κ1) is 44.1. The van der Waals surface area contributed by atoms with E-state index in [2.05, 4.69) is 52.2 Å². The maximum atomic E-state index is 17.0. The van der Waals surface area contributed by atoms with Crippen LogP contribution in [-0.4, -0.2) is 144 Å². The van der Waals surface area contributed by atoms with Crippen molar-refractivity contribution in [2.75, 3.05) is 94.9 Å². The molecule has 2 aromatic heterocycles. The van der Waals surface area contributed by atoms with E-state index in [4.69, 9.17) is 16.1 Å². The number of piperidine rings is 2. The molecule has 15 nitrogen and oxygen atoms in total. The number of amides is 3. The molecule has 3 amide bonds. The van der Waals surface area contributed by atoms with Crippen molar-refractivity contribution in [3.63, 3.8) is 0 Å². The molecule has 1 aliphatic carbocycles. The number of imide groups is 1. The number of phenolic OH excluding ortho intramolecular Hbond substituents is 1. The Kier molecular flexibility index (Phi) is 11.6. The minimum atomic E-state index is -0.741. The number of hydrogen-bond donors (Lipinski definition) is 3. The number of carbonyl (C=O) groups excluding carboxylic acids is 3. The molecule has 1 unspecified atom stereocenters. The quantitative estimate of drug-likeness (QED) is 0.124. The van der Waals surface area contributed by atoms with Crippen molar-refractivity contribution in [1.29, 1.82) is 0 Å². The van der Waals surface area contributed by atoms with E-state index in [-0.39, 0.29) is 63.1 Å². The number of anilines is 2. The summed E-state index contributed by atoms with van der Waals surface area (Å²) in [4.78, 5) is 62.7. The van der Waals surface area contributed by atoms with E-state index in [0.717, 1.165) is 102 Å². The highest BCUT2D eigenvalue weighted by molar-refractivity contribution is 6.06. The lowest BCUT2D eigenvalue weighted by Gasteiger charge is -2.40. The van der Waals surface area contributed by atoms with Crippen LogP contribution in [0.25, 0.3) is 32.9 Å². The summed E-state index contributed by atoms with van der Waals surface area (Å²) in [5.74, 6) is 1.20. The summed E-state index contributed by atoms with van der Waals surface area (Å²) < 4.78 is 38.4. The average Bonchev–Trinajstić information content (AvgIpc) is 4.04. The first-order valence-corrected chi connectivity index (χ1v) is 23.9. The van der Waals surface area contributed by atoms with E-state index in [1.807, 2.05) is 12.1 Å². The number of benzene rings is 3. The molecule has 352 valence electrons. The van der Waals surface area contributed by atoms with Gasteiger partial charge in [-0.1, -0.05) is 12.0 Å². The van der Waals surface area contributed by atoms with Crippen LogP contribution in [0.15, 0.2) is 48.7 Å². The molecule has 1 atom stereocenters. The second-order valence-electron chi connectivity index (χ2n) is 19.4. The van der Waals surface area contributed by atoms with Crippen molar-refractivity contribution >= 4 is 50.9 Å². The summed E-state index contributed by atoms with van der Waals surface area (Å²) in [5, 5.41) is 17.5. The molecule has 11 rings (SSSR count). The van der Waals surface area contributed by atoms with Crippen molar-refractivity contribution < 1.29 is 33.0 Å². The zero-order valence-corrected chi connectivity index (χ0v) is 37.9. The van der Waals surface area contributed by atoms with E-state index in [9.17, 15) is 23.9 Å². The van der Waals surface area contributed by atoms with Crippen LogP contribution >= 0.6 is 0 Å². The van der Waals surface area contributed by atoms with Crippen molar-refractivity contribution in [1.82, 2.24) is 40.3 Å². The molecule has 68 heavy (non-hydrogen) atoms. The Morgan fingerprint density at radius 1 is 0.882 bits per heavy atom. The van der Waals surface area contributed by atoms with Gasteiger partial charge in [0, 0.05) is 125 Å². The van der Waals surface area contributed by atoms with E-state index < -0.39 is 23.6 Å². The maximum absolute atomic E-state index is 17.0. The van der Waals surface area contributed by atoms with Gasteiger partial charge in [0.15, 0.2) is 5.82 Å². The summed E-state index contributed by atoms with van der Waals surface area (Å²) in [6.07, 6.45) is 12.1. The van der Waals surface area contributed by atoms with E-state index in [1.54, 1.807) is 4.90 Å². The van der Waals surface area contributed by atoms with Crippen LogP contribution in [0, 0.1) is 35.3 Å². The van der Waals surface area contributed by atoms with Gasteiger partial charge in [-0.2, -0.15) is 9.97 Å². The van der Waals surface area contributed by atoms with Gasteiger partial charge in [-0.15, -0.1) is 6.42 Å². The highest BCUT2D eigenvalue weighted by Gasteiger charge is 2.46. The lowest BCUT2D eigenvalue weighted by atomic mass is 9.95. The number of halogens is 2. The van der Waals surface area contributed by atoms with Gasteiger partial charge in [-0.05, 0) is 85.4 Å². The fraction of sp³-hybridized carbons (Fsp3) is 0.451. The average molecular weight is 925 g/mol. The molecule has 3 aromatic carbocycles. The Morgan fingerprint density at radius 2 is 1.66 bits per heavy atom. The Bertz CT molecular complexity index is 2880. The molecule has 0 bridgehead atoms. The zero-order valence-electron chi connectivity index (χ0n) is 37.9. The number of pyridine rings is 1. The van der Waals surface area contributed by atoms with Crippen LogP contribution < -0.4 is 25.2 Å². The number of terminal acetylenes is 1. The van der Waals surface area contributed by atoms with Gasteiger partial charge in [-0.25, -0.2) is 8.78 Å². The number of piperazine rings is 2. The number of aromatic hydroxyl groups is 1. The number of hydrogen-bond acceptors (Lipinski definition) is 13. The summed E-state index contributed by atoms with van der Waals surface area (Å²) in [5.41, 5.74) is 2.66. The number of fused-ring (bicyclic) bond motifs is 3. The lowest BCUT2D eigenvalue weighted by Crippen LogP contribution is -2.52. The van der Waals surface area contributed by atoms with Gasteiger partial charge >= 0.3 is 6.01 Å². The summed E-state index contributed by atoms with van der Waals surface area (Å²) in [6, 6.07) is 11.0. The predicted octanol–water partition coefficient (Wildman–Crippen LogP) is 4.67. The van der Waals surface area contributed by atoms with Crippen molar-refractivity contribution in [3.8, 4) is 35.4 Å². The third kappa shape index (κ3) is 8.43. The number of nitrogens with zero attached hydrogens (tertiary/aromatic N) is 8. The van der Waals surface area contributed by atoms with Crippen molar-refractivity contribution in [3.05, 3.63) is 77.0 Å². The van der Waals surface area contributed by atoms with Crippen LogP contribution in [0.4, 0.5) is 20.3 Å². The topological polar surface area (TPSA) is 160 Å². The normalized spacial score (nSPS) is 21.3. The third-order valence-electron chi connectivity index (χ3n) is 15.0. The van der Waals surface area contributed by atoms with E-state index >= 15 is 4.39 Å². The first-order chi connectivity index (χ1) is 33.0. The highest BCUT2D eigenvalue weighted by atomic mass is 19.1. The second kappa shape index (κ2) is 17.9. The Labute approximate surface area is 392 Å².